The van der Waals surface area contributed by atoms with Crippen LogP contribution in [0.25, 0.3) is 0 Å². The SMILES string of the molecule is CCOc1ccc(N(C)C)cc1N. The first kappa shape index (κ1) is 9.71. The Hall–Kier alpha value is -1.38. The topological polar surface area (TPSA) is 38.5 Å². The summed E-state index contributed by atoms with van der Waals surface area (Å²) in [6, 6.07) is 5.79. The molecule has 0 aliphatic heterocycles. The van der Waals surface area contributed by atoms with Gasteiger partial charge in [-0.15, -0.1) is 0 Å². The second-order valence-electron chi connectivity index (χ2n) is 3.05. The van der Waals surface area contributed by atoms with Crippen LogP contribution in [0, 0.1) is 0 Å². The molecule has 0 saturated carbocycles. The molecule has 0 spiro atoms. The molecular formula is C10H16N2O. The molecule has 1 rings (SSSR count). The molecule has 1 aromatic carbocycles. The van der Waals surface area contributed by atoms with Crippen LogP contribution in [0.3, 0.4) is 0 Å². The van der Waals surface area contributed by atoms with E-state index < -0.39 is 0 Å². The van der Waals surface area contributed by atoms with Gasteiger partial charge >= 0.3 is 0 Å². The summed E-state index contributed by atoms with van der Waals surface area (Å²) < 4.78 is 5.33. The van der Waals surface area contributed by atoms with Crippen molar-refractivity contribution in [2.45, 2.75) is 6.92 Å². The third-order valence-electron chi connectivity index (χ3n) is 1.81. The van der Waals surface area contributed by atoms with Crippen LogP contribution in [0.5, 0.6) is 5.75 Å². The lowest BCUT2D eigenvalue weighted by molar-refractivity contribution is 0.342. The van der Waals surface area contributed by atoms with E-state index in [9.17, 15) is 0 Å². The standard InChI is InChI=1S/C10H16N2O/c1-4-13-10-6-5-8(12(2)3)7-9(10)11/h5-7H,4,11H2,1-3H3. The molecule has 3 heteroatoms. The number of nitrogens with two attached hydrogens (primary N) is 1. The largest absolute Gasteiger partial charge is 0.492 e. The number of nitrogen functional groups attached to an aromatic ring is 1. The Morgan fingerprint density at radius 2 is 2.08 bits per heavy atom. The van der Waals surface area contributed by atoms with Crippen molar-refractivity contribution in [3.63, 3.8) is 0 Å². The van der Waals surface area contributed by atoms with E-state index in [-0.39, 0.29) is 0 Å². The van der Waals surface area contributed by atoms with Gasteiger partial charge in [0.25, 0.3) is 0 Å². The van der Waals surface area contributed by atoms with E-state index in [0.29, 0.717) is 12.3 Å². The minimum absolute atomic E-state index is 0.644. The number of rotatable bonds is 3. The fraction of sp³-hybridized carbons (Fsp3) is 0.400. The quantitative estimate of drug-likeness (QED) is 0.720. The highest BCUT2D eigenvalue weighted by atomic mass is 16.5. The molecule has 0 heterocycles. The van der Waals surface area contributed by atoms with Gasteiger partial charge in [0.2, 0.25) is 0 Å². The van der Waals surface area contributed by atoms with E-state index in [0.717, 1.165) is 11.4 Å². The fourth-order valence-corrected chi connectivity index (χ4v) is 1.10. The summed E-state index contributed by atoms with van der Waals surface area (Å²) in [5.74, 6) is 0.758. The second kappa shape index (κ2) is 4.03. The predicted molar refractivity (Wildman–Crippen MR) is 56.4 cm³/mol. The molecular weight excluding hydrogens is 164 g/mol. The first-order valence-electron chi connectivity index (χ1n) is 4.34. The molecule has 0 saturated heterocycles. The van der Waals surface area contributed by atoms with E-state index >= 15 is 0 Å². The number of hydrogen-bond donors (Lipinski definition) is 1. The first-order chi connectivity index (χ1) is 6.15. The highest BCUT2D eigenvalue weighted by molar-refractivity contribution is 5.62. The average molecular weight is 180 g/mol. The Morgan fingerprint density at radius 1 is 1.38 bits per heavy atom. The van der Waals surface area contributed by atoms with Crippen molar-refractivity contribution in [2.24, 2.45) is 0 Å². The van der Waals surface area contributed by atoms with Crippen LogP contribution in [0.1, 0.15) is 6.92 Å². The Balaban J connectivity index is 2.92. The summed E-state index contributed by atoms with van der Waals surface area (Å²) in [4.78, 5) is 2.01. The molecule has 0 radical (unpaired) electrons. The maximum atomic E-state index is 5.79. The van der Waals surface area contributed by atoms with Gasteiger partial charge in [-0.05, 0) is 25.1 Å². The summed E-state index contributed by atoms with van der Waals surface area (Å²) >= 11 is 0. The van der Waals surface area contributed by atoms with Gasteiger partial charge in [-0.1, -0.05) is 0 Å². The van der Waals surface area contributed by atoms with Crippen molar-refractivity contribution in [3.05, 3.63) is 18.2 Å². The molecule has 13 heavy (non-hydrogen) atoms. The number of ether oxygens (including phenoxy) is 1. The van der Waals surface area contributed by atoms with E-state index in [1.54, 1.807) is 0 Å². The number of hydrogen-bond acceptors (Lipinski definition) is 3. The van der Waals surface area contributed by atoms with Crippen molar-refractivity contribution in [3.8, 4) is 5.75 Å². The van der Waals surface area contributed by atoms with Gasteiger partial charge in [0.1, 0.15) is 5.75 Å². The summed E-state index contributed by atoms with van der Waals surface area (Å²) in [6.45, 7) is 2.59. The number of benzene rings is 1. The molecule has 1 aromatic rings. The van der Waals surface area contributed by atoms with Crippen molar-refractivity contribution < 1.29 is 4.74 Å². The van der Waals surface area contributed by atoms with E-state index in [4.69, 9.17) is 10.5 Å². The van der Waals surface area contributed by atoms with Crippen LogP contribution in [-0.4, -0.2) is 20.7 Å². The van der Waals surface area contributed by atoms with Crippen molar-refractivity contribution >= 4 is 11.4 Å². The minimum Gasteiger partial charge on any atom is -0.492 e. The van der Waals surface area contributed by atoms with Gasteiger partial charge in [0.05, 0.1) is 12.3 Å². The van der Waals surface area contributed by atoms with E-state index in [1.165, 1.54) is 0 Å². The monoisotopic (exact) mass is 180 g/mol. The van der Waals surface area contributed by atoms with Gasteiger partial charge in [-0.3, -0.25) is 0 Å². The van der Waals surface area contributed by atoms with Crippen LogP contribution in [-0.2, 0) is 0 Å². The van der Waals surface area contributed by atoms with E-state index in [2.05, 4.69) is 0 Å². The molecule has 0 amide bonds. The van der Waals surface area contributed by atoms with E-state index in [1.807, 2.05) is 44.1 Å². The normalized spacial score (nSPS) is 9.77. The van der Waals surface area contributed by atoms with Gasteiger partial charge in [-0.25, -0.2) is 0 Å². The molecule has 0 atom stereocenters. The van der Waals surface area contributed by atoms with Crippen LogP contribution in [0.4, 0.5) is 11.4 Å². The Morgan fingerprint density at radius 3 is 2.54 bits per heavy atom. The highest BCUT2D eigenvalue weighted by Gasteiger charge is 2.01. The Bertz CT molecular complexity index is 284. The lowest BCUT2D eigenvalue weighted by Gasteiger charge is -2.14. The third-order valence-corrected chi connectivity index (χ3v) is 1.81. The Labute approximate surface area is 79.1 Å². The first-order valence-corrected chi connectivity index (χ1v) is 4.34. The number of nitrogens with zero attached hydrogens (tertiary/aromatic N) is 1. The average Bonchev–Trinajstić information content (AvgIpc) is 2.08. The third kappa shape index (κ3) is 2.28. The molecule has 0 bridgehead atoms. The summed E-state index contributed by atoms with van der Waals surface area (Å²) in [5.41, 5.74) is 7.57. The van der Waals surface area contributed by atoms with Gasteiger partial charge < -0.3 is 15.4 Å². The zero-order chi connectivity index (χ0) is 9.84. The molecule has 0 aromatic heterocycles. The zero-order valence-electron chi connectivity index (χ0n) is 8.37. The summed E-state index contributed by atoms with van der Waals surface area (Å²) in [6.07, 6.45) is 0. The van der Waals surface area contributed by atoms with Crippen LogP contribution in [0.2, 0.25) is 0 Å². The predicted octanol–water partition coefficient (Wildman–Crippen LogP) is 1.73. The zero-order valence-corrected chi connectivity index (χ0v) is 8.37. The van der Waals surface area contributed by atoms with Gasteiger partial charge in [-0.2, -0.15) is 0 Å². The fourth-order valence-electron chi connectivity index (χ4n) is 1.10. The highest BCUT2D eigenvalue weighted by Crippen LogP contribution is 2.25. The molecule has 0 aliphatic carbocycles. The summed E-state index contributed by atoms with van der Waals surface area (Å²) in [5, 5.41) is 0. The molecule has 0 fully saturated rings. The minimum atomic E-state index is 0.644. The van der Waals surface area contributed by atoms with Crippen molar-refractivity contribution in [1.29, 1.82) is 0 Å². The van der Waals surface area contributed by atoms with Crippen LogP contribution >= 0.6 is 0 Å². The second-order valence-corrected chi connectivity index (χ2v) is 3.05. The van der Waals surface area contributed by atoms with Crippen molar-refractivity contribution in [1.82, 2.24) is 0 Å². The maximum absolute atomic E-state index is 5.79. The lowest BCUT2D eigenvalue weighted by atomic mass is 10.2. The number of anilines is 2. The molecule has 2 N–H and O–H groups in total. The molecule has 3 nitrogen and oxygen atoms in total. The molecule has 72 valence electrons. The van der Waals surface area contributed by atoms with Gasteiger partial charge in [0, 0.05) is 19.8 Å². The lowest BCUT2D eigenvalue weighted by Crippen LogP contribution is -2.09. The molecule has 0 aliphatic rings. The Kier molecular flexibility index (Phi) is 3.01. The molecule has 0 unspecified atom stereocenters. The van der Waals surface area contributed by atoms with Gasteiger partial charge in [0.15, 0.2) is 0 Å². The summed E-state index contributed by atoms with van der Waals surface area (Å²) in [7, 11) is 3.96. The van der Waals surface area contributed by atoms with Crippen LogP contribution in [0.15, 0.2) is 18.2 Å². The van der Waals surface area contributed by atoms with Crippen LogP contribution < -0.4 is 15.4 Å². The maximum Gasteiger partial charge on any atom is 0.142 e. The smallest absolute Gasteiger partial charge is 0.142 e. The van der Waals surface area contributed by atoms with Crippen molar-refractivity contribution in [2.75, 3.05) is 31.3 Å².